The molecule has 0 aliphatic rings. The summed E-state index contributed by atoms with van der Waals surface area (Å²) in [4.78, 5) is 24.6. The third-order valence-corrected chi connectivity index (χ3v) is 4.35. The summed E-state index contributed by atoms with van der Waals surface area (Å²) in [5.41, 5.74) is 3.66. The number of aromatic nitrogens is 1. The Kier molecular flexibility index (Phi) is 5.79. The van der Waals surface area contributed by atoms with Crippen molar-refractivity contribution in [2.75, 3.05) is 19.0 Å². The first-order valence-electron chi connectivity index (χ1n) is 8.85. The number of nitrogens with zero attached hydrogens (tertiary/aromatic N) is 1. The Morgan fingerprint density at radius 1 is 1.00 bits per heavy atom. The molecule has 144 valence electrons. The molecule has 0 bridgehead atoms. The number of benzene rings is 2. The molecule has 0 saturated carbocycles. The Morgan fingerprint density at radius 2 is 1.75 bits per heavy atom. The van der Waals surface area contributed by atoms with Gasteiger partial charge in [-0.05, 0) is 44.2 Å². The lowest BCUT2D eigenvalue weighted by Gasteiger charge is -2.10. The van der Waals surface area contributed by atoms with Gasteiger partial charge in [0, 0.05) is 28.8 Å². The first-order chi connectivity index (χ1) is 13.5. The highest BCUT2D eigenvalue weighted by Crippen LogP contribution is 2.21. The van der Waals surface area contributed by atoms with E-state index < -0.39 is 11.9 Å². The number of carbonyl (C=O) groups is 2. The van der Waals surface area contributed by atoms with Gasteiger partial charge in [-0.15, -0.1) is 0 Å². The minimum atomic E-state index is -0.531. The van der Waals surface area contributed by atoms with E-state index >= 15 is 0 Å². The van der Waals surface area contributed by atoms with Gasteiger partial charge in [0.15, 0.2) is 6.61 Å². The number of para-hydroxylation sites is 1. The smallest absolute Gasteiger partial charge is 0.340 e. The number of hydrogen-bond acceptors (Lipinski definition) is 4. The molecule has 0 radical (unpaired) electrons. The molecule has 3 aromatic rings. The van der Waals surface area contributed by atoms with Crippen molar-refractivity contribution in [2.24, 2.45) is 0 Å². The molecule has 6 nitrogen and oxygen atoms in total. The molecule has 0 aliphatic carbocycles. The van der Waals surface area contributed by atoms with Crippen LogP contribution >= 0.6 is 0 Å². The average Bonchev–Trinajstić information content (AvgIpc) is 3.01. The molecule has 6 heteroatoms. The molecule has 2 aromatic carbocycles. The van der Waals surface area contributed by atoms with E-state index in [1.165, 1.54) is 0 Å². The number of hydrogen-bond donors (Lipinski definition) is 1. The van der Waals surface area contributed by atoms with E-state index in [2.05, 4.69) is 5.32 Å². The zero-order valence-corrected chi connectivity index (χ0v) is 16.1. The van der Waals surface area contributed by atoms with E-state index in [9.17, 15) is 9.59 Å². The molecule has 1 amide bonds. The van der Waals surface area contributed by atoms with Crippen molar-refractivity contribution in [3.63, 3.8) is 0 Å². The van der Waals surface area contributed by atoms with Crippen LogP contribution in [-0.2, 0) is 9.53 Å². The summed E-state index contributed by atoms with van der Waals surface area (Å²) in [6.45, 7) is 3.41. The summed E-state index contributed by atoms with van der Waals surface area (Å²) < 4.78 is 12.3. The van der Waals surface area contributed by atoms with Crippen molar-refractivity contribution < 1.29 is 19.1 Å². The lowest BCUT2D eigenvalue weighted by molar-refractivity contribution is -0.119. The highest BCUT2D eigenvalue weighted by atomic mass is 16.5. The van der Waals surface area contributed by atoms with Crippen LogP contribution < -0.4 is 10.1 Å². The topological polar surface area (TPSA) is 69.6 Å². The maximum atomic E-state index is 12.5. The Labute approximate surface area is 163 Å². The molecule has 1 aromatic heterocycles. The van der Waals surface area contributed by atoms with E-state index in [4.69, 9.17) is 9.47 Å². The van der Waals surface area contributed by atoms with Gasteiger partial charge in [-0.25, -0.2) is 4.79 Å². The minimum absolute atomic E-state index is 0.370. The summed E-state index contributed by atoms with van der Waals surface area (Å²) in [7, 11) is 1.55. The molecule has 0 fully saturated rings. The predicted octanol–water partition coefficient (Wildman–Crippen LogP) is 3.90. The zero-order valence-electron chi connectivity index (χ0n) is 16.1. The molecule has 0 saturated heterocycles. The number of methoxy groups -OCH3 is 1. The quantitative estimate of drug-likeness (QED) is 0.661. The van der Waals surface area contributed by atoms with Crippen molar-refractivity contribution >= 4 is 17.6 Å². The first kappa shape index (κ1) is 19.2. The molecular weight excluding hydrogens is 356 g/mol. The summed E-state index contributed by atoms with van der Waals surface area (Å²) >= 11 is 0. The van der Waals surface area contributed by atoms with E-state index in [1.807, 2.05) is 48.7 Å². The van der Waals surface area contributed by atoms with Crippen LogP contribution in [0.15, 0.2) is 60.7 Å². The normalized spacial score (nSPS) is 10.4. The van der Waals surface area contributed by atoms with Crippen LogP contribution in [0.2, 0.25) is 0 Å². The highest BCUT2D eigenvalue weighted by molar-refractivity contribution is 5.96. The van der Waals surface area contributed by atoms with Crippen LogP contribution in [0.1, 0.15) is 21.7 Å². The number of aryl methyl sites for hydroxylation is 1. The van der Waals surface area contributed by atoms with Crippen LogP contribution in [-0.4, -0.2) is 30.2 Å². The van der Waals surface area contributed by atoms with Gasteiger partial charge in [0.25, 0.3) is 5.91 Å². The summed E-state index contributed by atoms with van der Waals surface area (Å²) in [6.07, 6.45) is 0. The number of amides is 1. The van der Waals surface area contributed by atoms with Crippen LogP contribution in [0.4, 0.5) is 5.69 Å². The molecule has 0 aliphatic heterocycles. The SMILES string of the molecule is COc1cccc(NC(=O)COC(=O)c2cc(C)n(-c3ccccc3)c2C)c1. The third-order valence-electron chi connectivity index (χ3n) is 4.35. The molecule has 0 atom stereocenters. The van der Waals surface area contributed by atoms with E-state index in [0.29, 0.717) is 17.0 Å². The van der Waals surface area contributed by atoms with E-state index in [0.717, 1.165) is 17.1 Å². The van der Waals surface area contributed by atoms with Crippen LogP contribution in [0.3, 0.4) is 0 Å². The fourth-order valence-electron chi connectivity index (χ4n) is 3.05. The lowest BCUT2D eigenvalue weighted by atomic mass is 10.2. The van der Waals surface area contributed by atoms with E-state index in [-0.39, 0.29) is 6.61 Å². The number of esters is 1. The summed E-state index contributed by atoms with van der Waals surface area (Å²) in [5, 5.41) is 2.68. The number of rotatable bonds is 6. The predicted molar refractivity (Wildman–Crippen MR) is 107 cm³/mol. The fraction of sp³-hybridized carbons (Fsp3) is 0.182. The van der Waals surface area contributed by atoms with Gasteiger partial charge in [0.2, 0.25) is 0 Å². The van der Waals surface area contributed by atoms with Gasteiger partial charge in [0.1, 0.15) is 5.75 Å². The van der Waals surface area contributed by atoms with Gasteiger partial charge in [0.05, 0.1) is 12.7 Å². The number of nitrogens with one attached hydrogen (secondary N) is 1. The largest absolute Gasteiger partial charge is 0.497 e. The average molecular weight is 378 g/mol. The van der Waals surface area contributed by atoms with Crippen molar-refractivity contribution in [2.45, 2.75) is 13.8 Å². The molecule has 3 rings (SSSR count). The number of anilines is 1. The van der Waals surface area contributed by atoms with Gasteiger partial charge in [-0.3, -0.25) is 4.79 Å². The monoisotopic (exact) mass is 378 g/mol. The Hall–Kier alpha value is -3.54. The van der Waals surface area contributed by atoms with Crippen molar-refractivity contribution in [3.05, 3.63) is 77.6 Å². The lowest BCUT2D eigenvalue weighted by Crippen LogP contribution is -2.21. The number of ether oxygens (including phenoxy) is 2. The van der Waals surface area contributed by atoms with Gasteiger partial charge >= 0.3 is 5.97 Å². The van der Waals surface area contributed by atoms with Crippen molar-refractivity contribution in [1.82, 2.24) is 4.57 Å². The molecule has 0 unspecified atom stereocenters. The molecule has 1 heterocycles. The molecular formula is C22H22N2O4. The highest BCUT2D eigenvalue weighted by Gasteiger charge is 2.19. The third kappa shape index (κ3) is 4.23. The second kappa shape index (κ2) is 8.43. The second-order valence-electron chi connectivity index (χ2n) is 6.31. The standard InChI is InChI=1S/C22H22N2O4/c1-15-12-20(16(2)24(15)18-9-5-4-6-10-18)22(26)28-14-21(25)23-17-8-7-11-19(13-17)27-3/h4-13H,14H2,1-3H3,(H,23,25). The molecule has 0 spiro atoms. The molecule has 28 heavy (non-hydrogen) atoms. The first-order valence-corrected chi connectivity index (χ1v) is 8.85. The Bertz CT molecular complexity index is 993. The van der Waals surface area contributed by atoms with Gasteiger partial charge < -0.3 is 19.4 Å². The maximum absolute atomic E-state index is 12.5. The van der Waals surface area contributed by atoms with E-state index in [1.54, 1.807) is 37.4 Å². The zero-order chi connectivity index (χ0) is 20.1. The van der Waals surface area contributed by atoms with Crippen LogP contribution in [0.5, 0.6) is 5.75 Å². The van der Waals surface area contributed by atoms with Gasteiger partial charge in [-0.2, -0.15) is 0 Å². The Morgan fingerprint density at radius 3 is 2.46 bits per heavy atom. The van der Waals surface area contributed by atoms with Crippen molar-refractivity contribution in [3.8, 4) is 11.4 Å². The minimum Gasteiger partial charge on any atom is -0.497 e. The maximum Gasteiger partial charge on any atom is 0.340 e. The fourth-order valence-corrected chi connectivity index (χ4v) is 3.05. The second-order valence-corrected chi connectivity index (χ2v) is 6.31. The molecule has 1 N–H and O–H groups in total. The number of carbonyl (C=O) groups excluding carboxylic acids is 2. The van der Waals surface area contributed by atoms with Crippen LogP contribution in [0, 0.1) is 13.8 Å². The van der Waals surface area contributed by atoms with Gasteiger partial charge in [-0.1, -0.05) is 24.3 Å². The summed E-state index contributed by atoms with van der Waals surface area (Å²) in [5.74, 6) is -0.322. The summed E-state index contributed by atoms with van der Waals surface area (Å²) in [6, 6.07) is 18.5. The van der Waals surface area contributed by atoms with Crippen LogP contribution in [0.25, 0.3) is 5.69 Å². The Balaban J connectivity index is 1.66. The van der Waals surface area contributed by atoms with Crippen molar-refractivity contribution in [1.29, 1.82) is 0 Å².